The van der Waals surface area contributed by atoms with Crippen molar-refractivity contribution in [2.24, 2.45) is 5.92 Å². The second-order valence-corrected chi connectivity index (χ2v) is 8.10. The Hall–Kier alpha value is -2.87. The summed E-state index contributed by atoms with van der Waals surface area (Å²) in [7, 11) is 0. The number of hydrogen-bond donors (Lipinski definition) is 1. The van der Waals surface area contributed by atoms with Gasteiger partial charge in [-0.15, -0.1) is 16.4 Å². The molecule has 136 valence electrons. The zero-order valence-electron chi connectivity index (χ0n) is 14.8. The van der Waals surface area contributed by atoms with Crippen LogP contribution in [0.25, 0.3) is 15.9 Å². The van der Waals surface area contributed by atoms with E-state index in [0.717, 1.165) is 34.3 Å². The molecule has 27 heavy (non-hydrogen) atoms. The van der Waals surface area contributed by atoms with E-state index in [1.54, 1.807) is 34.6 Å². The Labute approximate surface area is 159 Å². The van der Waals surface area contributed by atoms with Crippen molar-refractivity contribution in [1.29, 1.82) is 0 Å². The molecule has 4 heterocycles. The minimum absolute atomic E-state index is 0.169. The van der Waals surface area contributed by atoms with Crippen molar-refractivity contribution in [2.45, 2.75) is 32.7 Å². The monoisotopic (exact) mass is 378 g/mol. The lowest BCUT2D eigenvalue weighted by Crippen LogP contribution is -2.24. The molecule has 1 atom stereocenters. The number of amides is 1. The predicted octanol–water partition coefficient (Wildman–Crippen LogP) is 2.79. The van der Waals surface area contributed by atoms with Gasteiger partial charge in [0.25, 0.3) is 5.91 Å². The van der Waals surface area contributed by atoms with Gasteiger partial charge < -0.3 is 5.32 Å². The van der Waals surface area contributed by atoms with E-state index in [-0.39, 0.29) is 11.7 Å². The van der Waals surface area contributed by atoms with Gasteiger partial charge in [-0.1, -0.05) is 6.92 Å². The molecule has 0 saturated heterocycles. The zero-order valence-corrected chi connectivity index (χ0v) is 15.7. The second kappa shape index (κ2) is 6.38. The van der Waals surface area contributed by atoms with Crippen LogP contribution in [0.15, 0.2) is 30.9 Å². The molecule has 1 aliphatic rings. The number of carbonyl (C=O) groups excluding carboxylic acids is 1. The molecule has 1 unspecified atom stereocenters. The number of thiophene rings is 1. The fraction of sp³-hybridized carbons (Fsp3) is 0.316. The maximum absolute atomic E-state index is 12.5. The van der Waals surface area contributed by atoms with Crippen LogP contribution < -0.4 is 5.32 Å². The lowest BCUT2D eigenvalue weighted by atomic mass is 9.89. The molecule has 7 nitrogen and oxygen atoms in total. The Balaban J connectivity index is 1.50. The Bertz CT molecular complexity index is 1150. The molecule has 8 heteroatoms. The number of nitrogens with one attached hydrogen (secondary N) is 1. The molecule has 4 aromatic heterocycles. The highest BCUT2D eigenvalue weighted by molar-refractivity contribution is 7.19. The van der Waals surface area contributed by atoms with Crippen molar-refractivity contribution in [3.63, 3.8) is 0 Å². The van der Waals surface area contributed by atoms with Gasteiger partial charge in [0.1, 0.15) is 11.2 Å². The highest BCUT2D eigenvalue weighted by atomic mass is 32.1. The van der Waals surface area contributed by atoms with E-state index in [4.69, 9.17) is 0 Å². The van der Waals surface area contributed by atoms with Crippen LogP contribution in [-0.4, -0.2) is 30.5 Å². The van der Waals surface area contributed by atoms with Crippen molar-refractivity contribution in [1.82, 2.24) is 29.9 Å². The highest BCUT2D eigenvalue weighted by Crippen LogP contribution is 2.38. The zero-order chi connectivity index (χ0) is 18.4. The average Bonchev–Trinajstić information content (AvgIpc) is 3.27. The summed E-state index contributed by atoms with van der Waals surface area (Å²) >= 11 is 1.74. The number of fused-ring (bicyclic) bond motifs is 5. The molecule has 0 radical (unpaired) electrons. The summed E-state index contributed by atoms with van der Waals surface area (Å²) < 4.78 is 1.62. The first-order valence-corrected chi connectivity index (χ1v) is 9.83. The first-order valence-electron chi connectivity index (χ1n) is 9.02. The second-order valence-electron chi connectivity index (χ2n) is 7.02. The topological polar surface area (TPSA) is 85.1 Å². The molecule has 1 N–H and O–H groups in total. The third-order valence-corrected chi connectivity index (χ3v) is 6.23. The molecule has 0 aliphatic heterocycles. The average molecular weight is 378 g/mol. The van der Waals surface area contributed by atoms with Gasteiger partial charge in [-0.2, -0.15) is 0 Å². The first kappa shape index (κ1) is 16.3. The lowest BCUT2D eigenvalue weighted by molar-refractivity contribution is 0.0940. The summed E-state index contributed by atoms with van der Waals surface area (Å²) in [5.41, 5.74) is 3.04. The van der Waals surface area contributed by atoms with Crippen molar-refractivity contribution < 1.29 is 4.79 Å². The van der Waals surface area contributed by atoms with Gasteiger partial charge in [0.05, 0.1) is 5.39 Å². The Kier molecular flexibility index (Phi) is 3.86. The molecule has 5 rings (SSSR count). The third kappa shape index (κ3) is 2.86. The van der Waals surface area contributed by atoms with E-state index >= 15 is 0 Å². The molecule has 4 aromatic rings. The van der Waals surface area contributed by atoms with Gasteiger partial charge >= 0.3 is 0 Å². The molecule has 0 bridgehead atoms. The Morgan fingerprint density at radius 1 is 1.37 bits per heavy atom. The van der Waals surface area contributed by atoms with E-state index in [9.17, 15) is 4.79 Å². The summed E-state index contributed by atoms with van der Waals surface area (Å²) in [5, 5.41) is 8.27. The van der Waals surface area contributed by atoms with E-state index in [1.165, 1.54) is 16.9 Å². The van der Waals surface area contributed by atoms with Crippen LogP contribution in [0, 0.1) is 5.92 Å². The van der Waals surface area contributed by atoms with Gasteiger partial charge in [-0.3, -0.25) is 9.78 Å². The summed E-state index contributed by atoms with van der Waals surface area (Å²) in [4.78, 5) is 28.0. The van der Waals surface area contributed by atoms with Crippen LogP contribution >= 0.6 is 11.3 Å². The van der Waals surface area contributed by atoms with Gasteiger partial charge in [0.15, 0.2) is 5.65 Å². The SMILES string of the molecule is CC1CCc2sc3ncn4nc(C(=O)NCc5ccncc5)nc4c3c2C1. The fourth-order valence-electron chi connectivity index (χ4n) is 3.60. The number of aromatic nitrogens is 5. The van der Waals surface area contributed by atoms with E-state index < -0.39 is 0 Å². The predicted molar refractivity (Wildman–Crippen MR) is 103 cm³/mol. The molecule has 0 spiro atoms. The summed E-state index contributed by atoms with van der Waals surface area (Å²) in [5.74, 6) is 0.532. The van der Waals surface area contributed by atoms with Crippen LogP contribution in [0.3, 0.4) is 0 Å². The third-order valence-electron chi connectivity index (χ3n) is 5.03. The molecule has 0 saturated carbocycles. The highest BCUT2D eigenvalue weighted by Gasteiger charge is 2.24. The number of carbonyl (C=O) groups is 1. The molecular formula is C19H18N6OS. The molecule has 1 aliphatic carbocycles. The van der Waals surface area contributed by atoms with Crippen LogP contribution in [0.5, 0.6) is 0 Å². The Morgan fingerprint density at radius 2 is 2.22 bits per heavy atom. The normalized spacial score (nSPS) is 16.6. The van der Waals surface area contributed by atoms with E-state index in [0.29, 0.717) is 12.5 Å². The van der Waals surface area contributed by atoms with Crippen molar-refractivity contribution in [3.8, 4) is 0 Å². The van der Waals surface area contributed by atoms with Crippen molar-refractivity contribution >= 4 is 33.1 Å². The van der Waals surface area contributed by atoms with E-state index in [1.807, 2.05) is 12.1 Å². The molecule has 0 fully saturated rings. The quantitative estimate of drug-likeness (QED) is 0.592. The van der Waals surface area contributed by atoms with Gasteiger partial charge in [-0.25, -0.2) is 14.5 Å². The largest absolute Gasteiger partial charge is 0.345 e. The minimum atomic E-state index is -0.291. The van der Waals surface area contributed by atoms with Crippen molar-refractivity contribution in [3.05, 3.63) is 52.7 Å². The number of rotatable bonds is 3. The standard InChI is InChI=1S/C19H18N6OS/c1-11-2-3-14-13(8-11)15-17-23-16(24-25(17)10-22-19(15)27-14)18(26)21-9-12-4-6-20-7-5-12/h4-7,10-11H,2-3,8-9H2,1H3,(H,21,26). The van der Waals surface area contributed by atoms with Crippen molar-refractivity contribution in [2.75, 3.05) is 0 Å². The van der Waals surface area contributed by atoms with Gasteiger partial charge in [-0.05, 0) is 48.4 Å². The van der Waals surface area contributed by atoms with Crippen LogP contribution in [-0.2, 0) is 19.4 Å². The lowest BCUT2D eigenvalue weighted by Gasteiger charge is -2.17. The van der Waals surface area contributed by atoms with Crippen LogP contribution in [0.1, 0.15) is 40.0 Å². The summed E-state index contributed by atoms with van der Waals surface area (Å²) in [6, 6.07) is 3.73. The van der Waals surface area contributed by atoms with Gasteiger partial charge in [0, 0.05) is 23.8 Å². The maximum Gasteiger partial charge on any atom is 0.291 e. The smallest absolute Gasteiger partial charge is 0.291 e. The summed E-state index contributed by atoms with van der Waals surface area (Å²) in [6.07, 6.45) is 8.40. The first-order chi connectivity index (χ1) is 13.2. The summed E-state index contributed by atoms with van der Waals surface area (Å²) in [6.45, 7) is 2.69. The molecule has 1 amide bonds. The maximum atomic E-state index is 12.5. The Morgan fingerprint density at radius 3 is 3.07 bits per heavy atom. The molecular weight excluding hydrogens is 360 g/mol. The number of nitrogens with zero attached hydrogens (tertiary/aromatic N) is 5. The minimum Gasteiger partial charge on any atom is -0.345 e. The number of hydrogen-bond acceptors (Lipinski definition) is 6. The molecule has 0 aromatic carbocycles. The van der Waals surface area contributed by atoms with Crippen LogP contribution in [0.4, 0.5) is 0 Å². The number of pyridine rings is 1. The van der Waals surface area contributed by atoms with Crippen LogP contribution in [0.2, 0.25) is 0 Å². The number of aryl methyl sites for hydroxylation is 1. The fourth-order valence-corrected chi connectivity index (χ4v) is 4.78. The van der Waals surface area contributed by atoms with E-state index in [2.05, 4.69) is 32.3 Å². The van der Waals surface area contributed by atoms with Gasteiger partial charge in [0.2, 0.25) is 5.82 Å².